The molecule has 232 valence electrons. The van der Waals surface area contributed by atoms with Crippen molar-refractivity contribution in [2.75, 3.05) is 18.5 Å². The number of β-amino-alcohol motifs (C(OH)–C–C–N with tert-alkyl or cyclic N) is 1. The van der Waals surface area contributed by atoms with E-state index in [1.807, 2.05) is 42.6 Å². The lowest BCUT2D eigenvalue weighted by Gasteiger charge is -2.28. The number of hydrogen-bond donors (Lipinski definition) is 5. The molecule has 1 aliphatic heterocycles. The first-order valence-corrected chi connectivity index (χ1v) is 15.3. The maximum Gasteiger partial charge on any atom is 0.235 e. The SMILES string of the molecule is CC(C)(Cc1c[nH]c2c(Oc3ccc(-c4nn[nH]n4)cn3)cccc12)NCC(O)COc1cccc2c1C1(CCCC1)C(=O)N2. The number of carbonyl (C=O) groups excluding carboxylic acids is 1. The van der Waals surface area contributed by atoms with Crippen LogP contribution in [0.25, 0.3) is 22.3 Å². The highest BCUT2D eigenvalue weighted by atomic mass is 16.5. The van der Waals surface area contributed by atoms with Crippen molar-refractivity contribution in [2.24, 2.45) is 0 Å². The summed E-state index contributed by atoms with van der Waals surface area (Å²) in [4.78, 5) is 20.6. The molecule has 1 amide bonds. The van der Waals surface area contributed by atoms with Crippen LogP contribution in [0.5, 0.6) is 17.4 Å². The highest BCUT2D eigenvalue weighted by molar-refractivity contribution is 6.07. The van der Waals surface area contributed by atoms with Crippen LogP contribution in [-0.2, 0) is 16.6 Å². The van der Waals surface area contributed by atoms with Gasteiger partial charge in [0.25, 0.3) is 0 Å². The van der Waals surface area contributed by atoms with E-state index in [0.29, 0.717) is 36.2 Å². The largest absolute Gasteiger partial charge is 0.490 e. The molecule has 12 nitrogen and oxygen atoms in total. The molecule has 45 heavy (non-hydrogen) atoms. The molecule has 5 aromatic rings. The van der Waals surface area contributed by atoms with Gasteiger partial charge in [-0.15, -0.1) is 10.2 Å². The van der Waals surface area contributed by atoms with E-state index in [1.54, 1.807) is 12.3 Å². The summed E-state index contributed by atoms with van der Waals surface area (Å²) in [7, 11) is 0. The summed E-state index contributed by atoms with van der Waals surface area (Å²) in [5.41, 5.74) is 3.69. The zero-order chi connectivity index (χ0) is 31.0. The Bertz CT molecular complexity index is 1810. The van der Waals surface area contributed by atoms with Crippen LogP contribution in [0.4, 0.5) is 5.69 Å². The van der Waals surface area contributed by atoms with E-state index in [0.717, 1.165) is 59.0 Å². The lowest BCUT2D eigenvalue weighted by atomic mass is 9.79. The first-order chi connectivity index (χ1) is 21.8. The van der Waals surface area contributed by atoms with Gasteiger partial charge in [-0.25, -0.2) is 4.98 Å². The summed E-state index contributed by atoms with van der Waals surface area (Å²) >= 11 is 0. The number of fused-ring (bicyclic) bond motifs is 3. The third-order valence-corrected chi connectivity index (χ3v) is 8.84. The van der Waals surface area contributed by atoms with E-state index < -0.39 is 11.5 Å². The molecule has 7 rings (SSSR count). The van der Waals surface area contributed by atoms with E-state index in [9.17, 15) is 9.90 Å². The standard InChI is InChI=1S/C33H36N8O4/c1-32(2,36-18-22(42)19-44-25-9-6-8-24-28(25)33(31(43)37-24)13-3-4-14-33)15-21-17-35-29-23(21)7-5-10-26(29)45-27-12-11-20(16-34-27)30-38-40-41-39-30/h5-12,16-17,22,35-36,42H,3-4,13-15,18-19H2,1-2H3,(H,37,43)(H,38,39,40,41). The van der Waals surface area contributed by atoms with E-state index in [-0.39, 0.29) is 18.1 Å². The van der Waals surface area contributed by atoms with E-state index >= 15 is 0 Å². The van der Waals surface area contributed by atoms with E-state index in [4.69, 9.17) is 9.47 Å². The average molecular weight is 609 g/mol. The number of benzene rings is 2. The van der Waals surface area contributed by atoms with Crippen molar-refractivity contribution in [2.45, 2.75) is 63.0 Å². The first-order valence-electron chi connectivity index (χ1n) is 15.3. The van der Waals surface area contributed by atoms with E-state index in [1.165, 1.54) is 0 Å². The molecule has 0 radical (unpaired) electrons. The molecule has 3 aromatic heterocycles. The number of nitrogens with one attached hydrogen (secondary N) is 4. The van der Waals surface area contributed by atoms with Gasteiger partial charge in [-0.1, -0.05) is 31.0 Å². The number of aliphatic hydroxyl groups excluding tert-OH is 1. The number of tetrazole rings is 1. The van der Waals surface area contributed by atoms with Crippen LogP contribution >= 0.6 is 0 Å². The number of H-pyrrole nitrogens is 2. The Hall–Kier alpha value is -4.81. The van der Waals surface area contributed by atoms with Gasteiger partial charge < -0.3 is 30.2 Å². The van der Waals surface area contributed by atoms with Crippen molar-refractivity contribution in [1.82, 2.24) is 35.9 Å². The molecule has 12 heteroatoms. The van der Waals surface area contributed by atoms with Crippen molar-refractivity contribution >= 4 is 22.5 Å². The molecule has 1 saturated carbocycles. The van der Waals surface area contributed by atoms with Gasteiger partial charge in [0.1, 0.15) is 18.5 Å². The quantitative estimate of drug-likeness (QED) is 0.144. The molecule has 2 aromatic carbocycles. The van der Waals surface area contributed by atoms with Gasteiger partial charge in [-0.05, 0) is 68.2 Å². The second kappa shape index (κ2) is 11.6. The molecule has 1 aliphatic carbocycles. The summed E-state index contributed by atoms with van der Waals surface area (Å²) in [5, 5.41) is 32.4. The molecule has 0 bridgehead atoms. The van der Waals surface area contributed by atoms with Crippen LogP contribution in [0.2, 0.25) is 0 Å². The second-order valence-corrected chi connectivity index (χ2v) is 12.5. The van der Waals surface area contributed by atoms with Crippen LogP contribution in [0, 0.1) is 0 Å². The number of hydrogen-bond acceptors (Lipinski definition) is 9. The van der Waals surface area contributed by atoms with Gasteiger partial charge in [0.05, 0.1) is 10.9 Å². The molecule has 1 fully saturated rings. The van der Waals surface area contributed by atoms with Crippen molar-refractivity contribution < 1.29 is 19.4 Å². The van der Waals surface area contributed by atoms with Crippen molar-refractivity contribution in [3.63, 3.8) is 0 Å². The fraction of sp³-hybridized carbons (Fsp3) is 0.364. The summed E-state index contributed by atoms with van der Waals surface area (Å²) in [6.07, 6.45) is 7.35. The highest BCUT2D eigenvalue weighted by Gasteiger charge is 2.50. The van der Waals surface area contributed by atoms with Gasteiger partial charge in [0.15, 0.2) is 5.75 Å². The second-order valence-electron chi connectivity index (χ2n) is 12.5. The van der Waals surface area contributed by atoms with Crippen LogP contribution in [0.1, 0.15) is 50.7 Å². The number of anilines is 1. The minimum absolute atomic E-state index is 0.0678. The Morgan fingerprint density at radius 1 is 1.09 bits per heavy atom. The maximum atomic E-state index is 12.9. The normalized spacial score (nSPS) is 16.2. The molecule has 1 unspecified atom stereocenters. The number of pyridine rings is 1. The number of amides is 1. The smallest absolute Gasteiger partial charge is 0.235 e. The number of rotatable bonds is 11. The highest BCUT2D eigenvalue weighted by Crippen LogP contribution is 2.52. The Balaban J connectivity index is 0.971. The summed E-state index contributed by atoms with van der Waals surface area (Å²) in [6, 6.07) is 15.2. The zero-order valence-corrected chi connectivity index (χ0v) is 25.3. The lowest BCUT2D eigenvalue weighted by Crippen LogP contribution is -2.46. The van der Waals surface area contributed by atoms with Crippen molar-refractivity contribution in [3.8, 4) is 28.8 Å². The van der Waals surface area contributed by atoms with Crippen LogP contribution in [-0.4, -0.2) is 66.4 Å². The summed E-state index contributed by atoms with van der Waals surface area (Å²) in [6.45, 7) is 4.70. The van der Waals surface area contributed by atoms with Crippen LogP contribution in [0.3, 0.4) is 0 Å². The Morgan fingerprint density at radius 3 is 2.69 bits per heavy atom. The van der Waals surface area contributed by atoms with E-state index in [2.05, 4.69) is 61.1 Å². The molecular weight excluding hydrogens is 572 g/mol. The number of ether oxygens (including phenoxy) is 2. The molecule has 5 N–H and O–H groups in total. The average Bonchev–Trinajstić information content (AvgIpc) is 3.85. The Morgan fingerprint density at radius 2 is 1.91 bits per heavy atom. The van der Waals surface area contributed by atoms with Crippen molar-refractivity contribution in [1.29, 1.82) is 0 Å². The van der Waals surface area contributed by atoms with Gasteiger partial charge in [-0.2, -0.15) is 5.21 Å². The summed E-state index contributed by atoms with van der Waals surface area (Å²) < 4.78 is 12.3. The number of aliphatic hydroxyl groups is 1. The minimum atomic E-state index is -0.730. The molecule has 1 spiro atoms. The molecular formula is C33H36N8O4. The Labute approximate surface area is 260 Å². The van der Waals surface area contributed by atoms with Gasteiger partial charge in [0.2, 0.25) is 17.6 Å². The fourth-order valence-electron chi connectivity index (χ4n) is 6.62. The number of nitrogens with zero attached hydrogens (tertiary/aromatic N) is 4. The molecule has 0 saturated heterocycles. The molecule has 4 heterocycles. The number of aromatic amines is 2. The third-order valence-electron chi connectivity index (χ3n) is 8.84. The van der Waals surface area contributed by atoms with Crippen LogP contribution in [0.15, 0.2) is 60.9 Å². The maximum absolute atomic E-state index is 12.9. The van der Waals surface area contributed by atoms with Crippen LogP contribution < -0.4 is 20.1 Å². The number of para-hydroxylation sites is 1. The molecule has 1 atom stereocenters. The van der Waals surface area contributed by atoms with Crippen molar-refractivity contribution in [3.05, 3.63) is 72.1 Å². The number of carbonyl (C=O) groups is 1. The number of aromatic nitrogens is 6. The van der Waals surface area contributed by atoms with Gasteiger partial charge >= 0.3 is 0 Å². The predicted molar refractivity (Wildman–Crippen MR) is 168 cm³/mol. The van der Waals surface area contributed by atoms with Gasteiger partial charge in [0, 0.05) is 52.7 Å². The minimum Gasteiger partial charge on any atom is -0.490 e. The third kappa shape index (κ3) is 5.62. The Kier molecular flexibility index (Phi) is 7.46. The molecule has 2 aliphatic rings. The first kappa shape index (κ1) is 28.9. The monoisotopic (exact) mass is 608 g/mol. The lowest BCUT2D eigenvalue weighted by molar-refractivity contribution is -0.120. The summed E-state index contributed by atoms with van der Waals surface area (Å²) in [5.74, 6) is 2.33. The van der Waals surface area contributed by atoms with Gasteiger partial charge in [-0.3, -0.25) is 4.79 Å². The zero-order valence-electron chi connectivity index (χ0n) is 25.3. The predicted octanol–water partition coefficient (Wildman–Crippen LogP) is 4.65. The topological polar surface area (TPSA) is 163 Å². The fourth-order valence-corrected chi connectivity index (χ4v) is 6.62.